The van der Waals surface area contributed by atoms with Gasteiger partial charge in [0.1, 0.15) is 5.60 Å². The molecule has 0 N–H and O–H groups in total. The Morgan fingerprint density at radius 1 is 1.19 bits per heavy atom. The number of ether oxygens (including phenoxy) is 1. The lowest BCUT2D eigenvalue weighted by Gasteiger charge is -2.35. The molecular formula is C12H16N2O2. The Labute approximate surface area is 98.5 Å². The van der Waals surface area contributed by atoms with E-state index in [-0.39, 0.29) is 0 Å². The van der Waals surface area contributed by atoms with Crippen LogP contribution in [0, 0.1) is 27.7 Å². The molecule has 8 radical (unpaired) electrons. The van der Waals surface area contributed by atoms with E-state index in [2.05, 4.69) is 9.64 Å². The fourth-order valence-electron chi connectivity index (χ4n) is 1.55. The van der Waals surface area contributed by atoms with Crippen LogP contribution in [-0.2, 0) is 4.74 Å². The minimum Gasteiger partial charge on any atom is -0.442 e. The summed E-state index contributed by atoms with van der Waals surface area (Å²) in [7, 11) is 0. The normalized spacial score (nSPS) is 18.6. The molecule has 0 aliphatic carbocycles. The maximum Gasteiger partial charge on any atom is 0.410 e. The summed E-state index contributed by atoms with van der Waals surface area (Å²) in [5.41, 5.74) is -1.91. The molecule has 4 nitrogen and oxygen atoms in total. The van der Waals surface area contributed by atoms with Gasteiger partial charge < -0.3 is 9.64 Å². The molecule has 1 aliphatic heterocycles. The van der Waals surface area contributed by atoms with Gasteiger partial charge >= 0.3 is 6.09 Å². The van der Waals surface area contributed by atoms with E-state index in [9.17, 15) is 4.79 Å². The smallest absolute Gasteiger partial charge is 0.410 e. The van der Waals surface area contributed by atoms with Crippen molar-refractivity contribution in [3.63, 3.8) is 0 Å². The lowest BCUT2D eigenvalue weighted by molar-refractivity contribution is 0.0473. The van der Waals surface area contributed by atoms with Gasteiger partial charge in [-0.25, -0.2) is 4.79 Å². The highest BCUT2D eigenvalue weighted by atomic mass is 16.6. The first-order valence-corrected chi connectivity index (χ1v) is 5.19. The standard InChI is InChI=1S/C12H16N2O2/c1-5-6-13-7-9-14(10-8-13)11(15)16-12(2,3)4/h1-4H,5-10H2. The van der Waals surface area contributed by atoms with Crippen LogP contribution in [0.3, 0.4) is 0 Å². The van der Waals surface area contributed by atoms with E-state index in [1.807, 2.05) is 0 Å². The van der Waals surface area contributed by atoms with E-state index in [1.165, 1.54) is 4.90 Å². The Morgan fingerprint density at radius 2 is 1.75 bits per heavy atom. The molecule has 1 amide bonds. The molecule has 0 atom stereocenters. The molecule has 1 saturated heterocycles. The zero-order valence-electron chi connectivity index (χ0n) is 9.26. The van der Waals surface area contributed by atoms with E-state index in [4.69, 9.17) is 27.7 Å². The predicted molar refractivity (Wildman–Crippen MR) is 59.0 cm³/mol. The van der Waals surface area contributed by atoms with Crippen molar-refractivity contribution >= 4 is 6.09 Å². The number of carbonyl (C=O) groups excluding carboxylic acids is 1. The number of hydrogen-bond acceptors (Lipinski definition) is 3. The monoisotopic (exact) mass is 220 g/mol. The van der Waals surface area contributed by atoms with Crippen molar-refractivity contribution in [1.29, 1.82) is 0 Å². The Hall–Kier alpha value is -0.770. The summed E-state index contributed by atoms with van der Waals surface area (Å²) in [6.07, 6.45) is 0.0296. The van der Waals surface area contributed by atoms with Crippen molar-refractivity contribution in [3.8, 4) is 0 Å². The van der Waals surface area contributed by atoms with Gasteiger partial charge in [0.25, 0.3) is 0 Å². The van der Waals surface area contributed by atoms with Crippen molar-refractivity contribution in [2.24, 2.45) is 0 Å². The van der Waals surface area contributed by atoms with Crippen LogP contribution >= 0.6 is 0 Å². The van der Waals surface area contributed by atoms with E-state index in [1.54, 1.807) is 0 Å². The summed E-state index contributed by atoms with van der Waals surface area (Å²) in [5.74, 6) is 0. The van der Waals surface area contributed by atoms with E-state index in [0.29, 0.717) is 19.5 Å². The molecule has 0 aromatic rings. The largest absolute Gasteiger partial charge is 0.442 e. The average molecular weight is 220 g/mol. The number of piperazine rings is 1. The van der Waals surface area contributed by atoms with Crippen molar-refractivity contribution in [2.75, 3.05) is 32.7 Å². The summed E-state index contributed by atoms with van der Waals surface area (Å²) < 4.78 is 4.65. The van der Waals surface area contributed by atoms with E-state index in [0.717, 1.165) is 19.6 Å². The first-order valence-electron chi connectivity index (χ1n) is 5.19. The number of amides is 1. The van der Waals surface area contributed by atoms with Crippen LogP contribution in [0.5, 0.6) is 0 Å². The maximum atomic E-state index is 11.5. The fraction of sp³-hybridized carbons (Fsp3) is 0.583. The van der Waals surface area contributed by atoms with Gasteiger partial charge in [-0.05, 0) is 19.9 Å². The molecule has 0 aromatic heterocycles. The minimum absolute atomic E-state index is 0.564. The highest BCUT2D eigenvalue weighted by molar-refractivity contribution is 5.68. The highest BCUT2D eigenvalue weighted by Gasteiger charge is 2.25. The second kappa shape index (κ2) is 5.53. The van der Waals surface area contributed by atoms with Gasteiger partial charge in [0.15, 0.2) is 0 Å². The predicted octanol–water partition coefficient (Wildman–Crippen LogP) is 0.714. The summed E-state index contributed by atoms with van der Waals surface area (Å²) >= 11 is 0. The summed E-state index contributed by atoms with van der Waals surface area (Å²) in [4.78, 5) is 15.2. The molecule has 1 rings (SSSR count). The van der Waals surface area contributed by atoms with Crippen LogP contribution in [0.15, 0.2) is 0 Å². The molecule has 1 heterocycles. The van der Waals surface area contributed by atoms with Gasteiger partial charge in [0, 0.05) is 47.0 Å². The molecule has 0 bridgehead atoms. The molecule has 16 heavy (non-hydrogen) atoms. The first kappa shape index (κ1) is 13.3. The zero-order valence-corrected chi connectivity index (χ0v) is 9.26. The van der Waals surface area contributed by atoms with Crippen LogP contribution in [-0.4, -0.2) is 54.2 Å². The van der Waals surface area contributed by atoms with Crippen LogP contribution < -0.4 is 0 Å². The summed E-state index contributed by atoms with van der Waals surface area (Å²) in [6, 6.07) is 0. The lowest BCUT2D eigenvalue weighted by Crippen LogP contribution is -2.50. The third-order valence-corrected chi connectivity index (χ3v) is 2.34. The quantitative estimate of drug-likeness (QED) is 0.702. The molecule has 0 saturated carbocycles. The van der Waals surface area contributed by atoms with Gasteiger partial charge in [-0.2, -0.15) is 0 Å². The van der Waals surface area contributed by atoms with Crippen LogP contribution in [0.4, 0.5) is 4.79 Å². The topological polar surface area (TPSA) is 32.8 Å². The molecule has 1 fully saturated rings. The minimum atomic E-state index is -1.91. The van der Waals surface area contributed by atoms with Crippen LogP contribution in [0.2, 0.25) is 0 Å². The fourth-order valence-corrected chi connectivity index (χ4v) is 1.55. The van der Waals surface area contributed by atoms with Crippen LogP contribution in [0.1, 0.15) is 6.42 Å². The van der Waals surface area contributed by atoms with Gasteiger partial charge in [0.05, 0.1) is 0 Å². The Bertz CT molecular complexity index is 228. The Balaban J connectivity index is 2.33. The second-order valence-electron chi connectivity index (χ2n) is 3.84. The molecular weight excluding hydrogens is 204 g/mol. The third kappa shape index (κ3) is 4.39. The van der Waals surface area contributed by atoms with E-state index < -0.39 is 11.7 Å². The number of rotatable bonds is 3. The molecule has 86 valence electrons. The van der Waals surface area contributed by atoms with Crippen molar-refractivity contribution < 1.29 is 9.53 Å². The average Bonchev–Trinajstić information content (AvgIpc) is 2.16. The Morgan fingerprint density at radius 3 is 2.19 bits per heavy atom. The SMILES string of the molecule is [CH]CCN1CCN(C(=O)OC([CH])([CH])[CH])CC1. The third-order valence-electron chi connectivity index (χ3n) is 2.34. The molecule has 0 unspecified atom stereocenters. The van der Waals surface area contributed by atoms with Crippen molar-refractivity contribution in [1.82, 2.24) is 9.80 Å². The first-order chi connectivity index (χ1) is 7.42. The molecule has 1 aliphatic rings. The lowest BCUT2D eigenvalue weighted by atomic mass is 10.2. The van der Waals surface area contributed by atoms with Gasteiger partial charge in [0.2, 0.25) is 0 Å². The zero-order chi connectivity index (χ0) is 12.2. The highest BCUT2D eigenvalue weighted by Crippen LogP contribution is 2.10. The van der Waals surface area contributed by atoms with E-state index >= 15 is 0 Å². The summed E-state index contributed by atoms with van der Waals surface area (Å²) in [6.45, 7) is 24.5. The summed E-state index contributed by atoms with van der Waals surface area (Å²) in [5, 5.41) is 0. The van der Waals surface area contributed by atoms with Crippen molar-refractivity contribution in [3.05, 3.63) is 27.7 Å². The number of hydrogen-bond donors (Lipinski definition) is 0. The number of nitrogens with zero attached hydrogens (tertiary/aromatic N) is 2. The van der Waals surface area contributed by atoms with Crippen LogP contribution in [0.25, 0.3) is 0 Å². The van der Waals surface area contributed by atoms with Gasteiger partial charge in [-0.15, -0.1) is 0 Å². The maximum absolute atomic E-state index is 11.5. The van der Waals surface area contributed by atoms with Crippen molar-refractivity contribution in [2.45, 2.75) is 12.0 Å². The Kier molecular flexibility index (Phi) is 4.59. The molecule has 4 heteroatoms. The molecule has 0 aromatic carbocycles. The van der Waals surface area contributed by atoms with Gasteiger partial charge in [-0.3, -0.25) is 4.90 Å². The second-order valence-corrected chi connectivity index (χ2v) is 3.84. The molecule has 0 spiro atoms. The number of carbonyl (C=O) groups is 1. The van der Waals surface area contributed by atoms with Gasteiger partial charge in [-0.1, -0.05) is 0 Å².